The molecule has 3 rings (SSSR count). The molecule has 0 radical (unpaired) electrons. The van der Waals surface area contributed by atoms with E-state index in [0.717, 1.165) is 37.3 Å². The summed E-state index contributed by atoms with van der Waals surface area (Å²) < 4.78 is 32.6. The molecule has 1 aromatic heterocycles. The lowest BCUT2D eigenvalue weighted by molar-refractivity contribution is 0.105. The minimum Gasteiger partial charge on any atom is -0.378 e. The first-order valence-corrected chi connectivity index (χ1v) is 9.92. The third kappa shape index (κ3) is 4.50. The molecule has 5 nitrogen and oxygen atoms in total. The Morgan fingerprint density at radius 1 is 1.33 bits per heavy atom. The number of sulfonamides is 1. The molecule has 21 heavy (non-hydrogen) atoms. The standard InChI is InChI=1S/C14H22N2O3S2/c17-21(18,16-6-5-12-2-1-7-19-12)14-8-13(20-10-14)9-15-11-3-4-11/h8,10-12,15-16H,1-7,9H2. The second kappa shape index (κ2) is 6.75. The number of hydrogen-bond acceptors (Lipinski definition) is 5. The van der Waals surface area contributed by atoms with Crippen LogP contribution in [0.25, 0.3) is 0 Å². The molecule has 0 spiro atoms. The summed E-state index contributed by atoms with van der Waals surface area (Å²) in [7, 11) is -3.38. The SMILES string of the molecule is O=S(=O)(NCCC1CCCO1)c1csc(CNC2CC2)c1. The van der Waals surface area contributed by atoms with Crippen LogP contribution in [0, 0.1) is 0 Å². The number of nitrogens with one attached hydrogen (secondary N) is 2. The molecule has 2 heterocycles. The number of hydrogen-bond donors (Lipinski definition) is 2. The summed E-state index contributed by atoms with van der Waals surface area (Å²) in [5.41, 5.74) is 0. The van der Waals surface area contributed by atoms with Crippen LogP contribution in [0.1, 0.15) is 37.0 Å². The molecule has 1 aliphatic carbocycles. The highest BCUT2D eigenvalue weighted by Crippen LogP contribution is 2.23. The van der Waals surface area contributed by atoms with E-state index in [1.54, 1.807) is 11.4 Å². The first kappa shape index (κ1) is 15.4. The van der Waals surface area contributed by atoms with Crippen LogP contribution in [0.15, 0.2) is 16.3 Å². The van der Waals surface area contributed by atoms with E-state index in [9.17, 15) is 8.42 Å². The Labute approximate surface area is 130 Å². The largest absolute Gasteiger partial charge is 0.378 e. The van der Waals surface area contributed by atoms with Gasteiger partial charge in [-0.05, 0) is 38.2 Å². The molecule has 1 aliphatic heterocycles. The van der Waals surface area contributed by atoms with Gasteiger partial charge in [0.05, 0.1) is 11.0 Å². The van der Waals surface area contributed by atoms with Gasteiger partial charge in [0.2, 0.25) is 10.0 Å². The summed E-state index contributed by atoms with van der Waals surface area (Å²) in [6.45, 7) is 2.01. The zero-order valence-corrected chi connectivity index (χ0v) is 13.6. The van der Waals surface area contributed by atoms with Crippen molar-refractivity contribution in [3.8, 4) is 0 Å². The zero-order valence-electron chi connectivity index (χ0n) is 12.0. The van der Waals surface area contributed by atoms with Crippen molar-refractivity contribution >= 4 is 21.4 Å². The predicted molar refractivity (Wildman–Crippen MR) is 83.0 cm³/mol. The van der Waals surface area contributed by atoms with Crippen molar-refractivity contribution in [2.75, 3.05) is 13.2 Å². The lowest BCUT2D eigenvalue weighted by atomic mass is 10.2. The summed E-state index contributed by atoms with van der Waals surface area (Å²) >= 11 is 1.50. The molecular weight excluding hydrogens is 308 g/mol. The normalized spacial score (nSPS) is 22.8. The van der Waals surface area contributed by atoms with Gasteiger partial charge in [0.1, 0.15) is 0 Å². The Morgan fingerprint density at radius 2 is 2.19 bits per heavy atom. The highest BCUT2D eigenvalue weighted by atomic mass is 32.2. The lowest BCUT2D eigenvalue weighted by Crippen LogP contribution is -2.27. The van der Waals surface area contributed by atoms with Gasteiger partial charge in [0.25, 0.3) is 0 Å². The van der Waals surface area contributed by atoms with Crippen molar-refractivity contribution in [3.05, 3.63) is 16.3 Å². The molecule has 1 atom stereocenters. The Balaban J connectivity index is 1.48. The molecule has 0 aromatic carbocycles. The van der Waals surface area contributed by atoms with Gasteiger partial charge in [0, 0.05) is 36.0 Å². The molecule has 118 valence electrons. The molecule has 1 unspecified atom stereocenters. The summed E-state index contributed by atoms with van der Waals surface area (Å²) in [6.07, 6.45) is 5.56. The highest BCUT2D eigenvalue weighted by Gasteiger charge is 2.22. The van der Waals surface area contributed by atoms with Crippen LogP contribution >= 0.6 is 11.3 Å². The van der Waals surface area contributed by atoms with Crippen molar-refractivity contribution in [2.45, 2.75) is 55.7 Å². The van der Waals surface area contributed by atoms with Crippen molar-refractivity contribution < 1.29 is 13.2 Å². The Morgan fingerprint density at radius 3 is 2.90 bits per heavy atom. The fraction of sp³-hybridized carbons (Fsp3) is 0.714. The van der Waals surface area contributed by atoms with Gasteiger partial charge < -0.3 is 10.1 Å². The van der Waals surface area contributed by atoms with E-state index in [-0.39, 0.29) is 6.10 Å². The lowest BCUT2D eigenvalue weighted by Gasteiger charge is -2.09. The molecule has 2 aliphatic rings. The van der Waals surface area contributed by atoms with Crippen LogP contribution in [-0.2, 0) is 21.3 Å². The van der Waals surface area contributed by atoms with E-state index in [2.05, 4.69) is 10.0 Å². The number of thiophene rings is 1. The second-order valence-electron chi connectivity index (χ2n) is 5.73. The third-order valence-electron chi connectivity index (χ3n) is 3.86. The number of ether oxygens (including phenoxy) is 1. The Kier molecular flexibility index (Phi) is 4.96. The fourth-order valence-corrected chi connectivity index (χ4v) is 4.71. The maximum Gasteiger partial charge on any atom is 0.241 e. The van der Waals surface area contributed by atoms with Gasteiger partial charge in [-0.2, -0.15) is 0 Å². The minimum atomic E-state index is -3.38. The van der Waals surface area contributed by atoms with Gasteiger partial charge in [-0.1, -0.05) is 0 Å². The minimum absolute atomic E-state index is 0.216. The zero-order chi connectivity index (χ0) is 14.7. The molecule has 1 saturated heterocycles. The Hall–Kier alpha value is -0.470. The summed E-state index contributed by atoms with van der Waals surface area (Å²) in [5.74, 6) is 0. The molecule has 1 aromatic rings. The van der Waals surface area contributed by atoms with E-state index >= 15 is 0 Å². The van der Waals surface area contributed by atoms with E-state index < -0.39 is 10.0 Å². The van der Waals surface area contributed by atoms with Gasteiger partial charge in [-0.15, -0.1) is 11.3 Å². The molecule has 7 heteroatoms. The van der Waals surface area contributed by atoms with E-state index in [4.69, 9.17) is 4.74 Å². The maximum absolute atomic E-state index is 12.2. The molecule has 0 bridgehead atoms. The molecule has 2 N–H and O–H groups in total. The smallest absolute Gasteiger partial charge is 0.241 e. The van der Waals surface area contributed by atoms with Crippen LogP contribution in [-0.4, -0.2) is 33.7 Å². The average molecular weight is 330 g/mol. The van der Waals surface area contributed by atoms with Crippen LogP contribution in [0.3, 0.4) is 0 Å². The molecular formula is C14H22N2O3S2. The van der Waals surface area contributed by atoms with Gasteiger partial charge >= 0.3 is 0 Å². The molecule has 2 fully saturated rings. The van der Waals surface area contributed by atoms with Crippen LogP contribution in [0.4, 0.5) is 0 Å². The first-order valence-electron chi connectivity index (χ1n) is 7.55. The predicted octanol–water partition coefficient (Wildman–Crippen LogP) is 1.85. The quantitative estimate of drug-likeness (QED) is 0.763. The molecule has 1 saturated carbocycles. The van der Waals surface area contributed by atoms with E-state index in [1.165, 1.54) is 24.2 Å². The monoisotopic (exact) mass is 330 g/mol. The summed E-state index contributed by atoms with van der Waals surface area (Å²) in [4.78, 5) is 1.45. The average Bonchev–Trinajstić information content (AvgIpc) is 2.93. The van der Waals surface area contributed by atoms with Gasteiger partial charge in [-0.25, -0.2) is 13.1 Å². The molecule has 0 amide bonds. The van der Waals surface area contributed by atoms with Crippen LogP contribution < -0.4 is 10.0 Å². The summed E-state index contributed by atoms with van der Waals surface area (Å²) in [6, 6.07) is 2.41. The van der Waals surface area contributed by atoms with Crippen LogP contribution in [0.2, 0.25) is 0 Å². The topological polar surface area (TPSA) is 67.4 Å². The maximum atomic E-state index is 12.2. The highest BCUT2D eigenvalue weighted by molar-refractivity contribution is 7.89. The number of rotatable bonds is 8. The van der Waals surface area contributed by atoms with Gasteiger partial charge in [0.15, 0.2) is 0 Å². The Bertz CT molecular complexity index is 561. The van der Waals surface area contributed by atoms with E-state index in [0.29, 0.717) is 17.5 Å². The first-order chi connectivity index (χ1) is 10.1. The summed E-state index contributed by atoms with van der Waals surface area (Å²) in [5, 5.41) is 5.12. The van der Waals surface area contributed by atoms with Crippen molar-refractivity contribution in [3.63, 3.8) is 0 Å². The van der Waals surface area contributed by atoms with Crippen LogP contribution in [0.5, 0.6) is 0 Å². The van der Waals surface area contributed by atoms with Crippen molar-refractivity contribution in [2.24, 2.45) is 0 Å². The third-order valence-corrected chi connectivity index (χ3v) is 6.39. The van der Waals surface area contributed by atoms with Crippen molar-refractivity contribution in [1.82, 2.24) is 10.0 Å². The van der Waals surface area contributed by atoms with Gasteiger partial charge in [-0.3, -0.25) is 0 Å². The second-order valence-corrected chi connectivity index (χ2v) is 8.49. The van der Waals surface area contributed by atoms with Crippen molar-refractivity contribution in [1.29, 1.82) is 0 Å². The fourth-order valence-electron chi connectivity index (χ4n) is 2.44. The van der Waals surface area contributed by atoms with E-state index in [1.807, 2.05) is 0 Å².